The second-order valence-electron chi connectivity index (χ2n) is 12.2. The number of benzene rings is 2. The summed E-state index contributed by atoms with van der Waals surface area (Å²) >= 11 is 6.72. The number of anilines is 2. The van der Waals surface area contributed by atoms with Crippen molar-refractivity contribution in [3.8, 4) is 11.9 Å². The molecular weight excluding hydrogens is 605 g/mol. The number of methoxy groups -OCH3 is 1. The normalized spacial score (nSPS) is 15.1. The van der Waals surface area contributed by atoms with E-state index in [2.05, 4.69) is 37.8 Å². The smallest absolute Gasteiger partial charge is 0.395 e. The number of hydrogen-bond acceptors (Lipinski definition) is 8. The Morgan fingerprint density at radius 1 is 1.13 bits per heavy atom. The van der Waals surface area contributed by atoms with Crippen LogP contribution in [0.25, 0.3) is 21.7 Å². The van der Waals surface area contributed by atoms with Gasteiger partial charge in [-0.2, -0.15) is 18.4 Å². The molecule has 13 heteroatoms. The molecule has 0 spiro atoms. The second-order valence-corrected chi connectivity index (χ2v) is 12.6. The number of aromatic nitrogens is 5. The summed E-state index contributed by atoms with van der Waals surface area (Å²) in [6, 6.07) is 12.6. The minimum Gasteiger partial charge on any atom is -0.481 e. The Morgan fingerprint density at radius 2 is 1.91 bits per heavy atom. The number of halogens is 4. The van der Waals surface area contributed by atoms with Gasteiger partial charge in [0, 0.05) is 35.4 Å². The molecule has 6 rings (SSSR count). The molecule has 2 aromatic carbocycles. The maximum Gasteiger partial charge on any atom is 0.395 e. The van der Waals surface area contributed by atoms with Crippen molar-refractivity contribution >= 4 is 44.7 Å². The highest BCUT2D eigenvalue weighted by Gasteiger charge is 2.47. The molecule has 0 aliphatic heterocycles. The van der Waals surface area contributed by atoms with E-state index in [1.165, 1.54) is 6.20 Å². The van der Waals surface area contributed by atoms with Crippen molar-refractivity contribution in [2.75, 3.05) is 24.3 Å². The van der Waals surface area contributed by atoms with Crippen molar-refractivity contribution in [2.24, 2.45) is 5.41 Å². The molecule has 0 radical (unpaired) electrons. The number of nitrogens with zero attached hydrogens (tertiary/aromatic N) is 6. The van der Waals surface area contributed by atoms with Gasteiger partial charge in [0.15, 0.2) is 0 Å². The number of ether oxygens (including phenoxy) is 1. The van der Waals surface area contributed by atoms with Crippen molar-refractivity contribution in [3.63, 3.8) is 0 Å². The highest BCUT2D eigenvalue weighted by molar-refractivity contribution is 6.35. The number of alkyl halides is 3. The molecule has 1 aliphatic rings. The molecule has 3 aromatic heterocycles. The average molecular weight is 635 g/mol. The molecule has 2 N–H and O–H groups in total. The zero-order valence-corrected chi connectivity index (χ0v) is 25.8. The molecule has 45 heavy (non-hydrogen) atoms. The molecule has 3 heterocycles. The van der Waals surface area contributed by atoms with E-state index in [-0.39, 0.29) is 21.8 Å². The lowest BCUT2D eigenvalue weighted by atomic mass is 9.92. The maximum absolute atomic E-state index is 13.7. The molecule has 1 saturated carbocycles. The van der Waals surface area contributed by atoms with E-state index in [1.807, 2.05) is 41.2 Å². The van der Waals surface area contributed by atoms with Crippen molar-refractivity contribution < 1.29 is 17.9 Å². The highest BCUT2D eigenvalue weighted by Crippen LogP contribution is 2.44. The highest BCUT2D eigenvalue weighted by atomic mass is 35.5. The third-order valence-electron chi connectivity index (χ3n) is 8.47. The Balaban J connectivity index is 1.48. The largest absolute Gasteiger partial charge is 0.481 e. The predicted molar refractivity (Wildman–Crippen MR) is 166 cm³/mol. The van der Waals surface area contributed by atoms with Crippen LogP contribution in [-0.2, 0) is 5.54 Å². The number of nitriles is 1. The topological polar surface area (TPSA) is 114 Å². The summed E-state index contributed by atoms with van der Waals surface area (Å²) < 4.78 is 48.5. The van der Waals surface area contributed by atoms with Crippen molar-refractivity contribution in [2.45, 2.75) is 51.4 Å². The van der Waals surface area contributed by atoms with Gasteiger partial charge in [0.2, 0.25) is 5.88 Å². The molecule has 0 saturated heterocycles. The summed E-state index contributed by atoms with van der Waals surface area (Å²) in [5.74, 6) is 0.476. The van der Waals surface area contributed by atoms with Crippen molar-refractivity contribution in [1.82, 2.24) is 25.0 Å². The van der Waals surface area contributed by atoms with Crippen LogP contribution in [0.3, 0.4) is 0 Å². The lowest BCUT2D eigenvalue weighted by molar-refractivity contribution is -0.206. The molecule has 1 fully saturated rings. The summed E-state index contributed by atoms with van der Waals surface area (Å²) in [6.45, 7) is 3.86. The van der Waals surface area contributed by atoms with Gasteiger partial charge in [-0.3, -0.25) is 4.98 Å². The Hall–Kier alpha value is -4.63. The fourth-order valence-corrected chi connectivity index (χ4v) is 5.48. The van der Waals surface area contributed by atoms with E-state index in [1.54, 1.807) is 25.4 Å². The van der Waals surface area contributed by atoms with Gasteiger partial charge in [-0.05, 0) is 68.8 Å². The van der Waals surface area contributed by atoms with E-state index < -0.39 is 24.2 Å². The lowest BCUT2D eigenvalue weighted by Gasteiger charge is -2.28. The van der Waals surface area contributed by atoms with Crippen LogP contribution in [-0.4, -0.2) is 44.8 Å². The number of nitrogens with one attached hydrogen (secondary N) is 2. The number of pyridine rings is 2. The Bertz CT molecular complexity index is 1960. The third kappa shape index (κ3) is 5.57. The molecule has 9 nitrogen and oxygen atoms in total. The molecule has 0 unspecified atom stereocenters. The molecule has 0 bridgehead atoms. The SMILES string of the molecule is COc1nccc2c([C@H](Nc3cc(Cl)c4ncc(C#N)c(NCC(C)(C)C(F)(F)F)c4c3)c3cn(C4(C)CC4)nn3)cccc12. The summed E-state index contributed by atoms with van der Waals surface area (Å²) in [5.41, 5.74) is 0.571. The van der Waals surface area contributed by atoms with Crippen LogP contribution in [0.2, 0.25) is 5.02 Å². The number of hydrogen-bond donors (Lipinski definition) is 2. The van der Waals surface area contributed by atoms with Gasteiger partial charge in [-0.15, -0.1) is 5.10 Å². The quantitative estimate of drug-likeness (QED) is 0.170. The van der Waals surface area contributed by atoms with Crippen LogP contribution in [0.5, 0.6) is 5.88 Å². The second kappa shape index (κ2) is 11.1. The first-order valence-corrected chi connectivity index (χ1v) is 14.7. The molecule has 0 amide bonds. The molecule has 1 aliphatic carbocycles. The van der Waals surface area contributed by atoms with Gasteiger partial charge in [-0.25, -0.2) is 9.67 Å². The first-order chi connectivity index (χ1) is 21.3. The van der Waals surface area contributed by atoms with Gasteiger partial charge < -0.3 is 15.4 Å². The van der Waals surface area contributed by atoms with Gasteiger partial charge >= 0.3 is 6.18 Å². The first-order valence-electron chi connectivity index (χ1n) is 14.3. The lowest BCUT2D eigenvalue weighted by Crippen LogP contribution is -2.38. The van der Waals surface area contributed by atoms with Gasteiger partial charge in [0.25, 0.3) is 0 Å². The molecule has 1 atom stereocenters. The average Bonchev–Trinajstić information content (AvgIpc) is 3.56. The summed E-state index contributed by atoms with van der Waals surface area (Å²) in [7, 11) is 1.56. The summed E-state index contributed by atoms with van der Waals surface area (Å²) in [6.07, 6.45) is 2.44. The Kier molecular flexibility index (Phi) is 7.48. The first kappa shape index (κ1) is 30.4. The zero-order chi connectivity index (χ0) is 32.1. The van der Waals surface area contributed by atoms with E-state index in [0.29, 0.717) is 28.2 Å². The van der Waals surface area contributed by atoms with Gasteiger partial charge in [-0.1, -0.05) is 28.9 Å². The third-order valence-corrected chi connectivity index (χ3v) is 8.76. The van der Waals surface area contributed by atoms with Gasteiger partial charge in [0.05, 0.1) is 52.1 Å². The van der Waals surface area contributed by atoms with E-state index in [0.717, 1.165) is 43.0 Å². The maximum atomic E-state index is 13.7. The molecule has 232 valence electrons. The van der Waals surface area contributed by atoms with Gasteiger partial charge in [0.1, 0.15) is 11.8 Å². The van der Waals surface area contributed by atoms with Crippen LogP contribution in [0, 0.1) is 16.7 Å². The summed E-state index contributed by atoms with van der Waals surface area (Å²) in [4.78, 5) is 8.69. The fourth-order valence-electron chi connectivity index (χ4n) is 5.21. The van der Waals surface area contributed by atoms with Crippen LogP contribution < -0.4 is 15.4 Å². The van der Waals surface area contributed by atoms with E-state index in [4.69, 9.17) is 16.3 Å². The Morgan fingerprint density at radius 3 is 2.60 bits per heavy atom. The minimum absolute atomic E-state index is 0.0852. The molecule has 5 aromatic rings. The van der Waals surface area contributed by atoms with Crippen molar-refractivity contribution in [1.29, 1.82) is 5.26 Å². The number of rotatable bonds is 9. The van der Waals surface area contributed by atoms with E-state index >= 15 is 0 Å². The minimum atomic E-state index is -4.46. The number of fused-ring (bicyclic) bond motifs is 2. The zero-order valence-electron chi connectivity index (χ0n) is 25.0. The van der Waals surface area contributed by atoms with Crippen molar-refractivity contribution in [3.05, 3.63) is 76.8 Å². The molecular formula is C32H30ClF3N8O. The Labute approximate surface area is 262 Å². The standard InChI is InChI=1S/C32H30ClF3N8O/c1-30(2,32(34,35)36)17-40-26-18(14-37)15-39-27-23(26)12-19(13-24(27)33)41-28(25-16-44(43-42-25)31(3)9-10-31)21-6-5-7-22-20(21)8-11-38-29(22)45-4/h5-8,11-13,15-16,28,41H,9-10,17H2,1-4H3,(H,39,40)/t28-/m0/s1. The van der Waals surface area contributed by atoms with Crippen LogP contribution in [0.4, 0.5) is 24.5 Å². The summed E-state index contributed by atoms with van der Waals surface area (Å²) in [5, 5.41) is 27.6. The van der Waals surface area contributed by atoms with E-state index in [9.17, 15) is 18.4 Å². The fraction of sp³-hybridized carbons (Fsp3) is 0.344. The van der Waals surface area contributed by atoms with Crippen LogP contribution >= 0.6 is 11.6 Å². The van der Waals surface area contributed by atoms with Crippen LogP contribution in [0.1, 0.15) is 56.5 Å². The van der Waals surface area contributed by atoms with Crippen LogP contribution in [0.15, 0.2) is 55.0 Å². The predicted octanol–water partition coefficient (Wildman–Crippen LogP) is 7.62. The monoisotopic (exact) mass is 634 g/mol.